The molecule has 0 atom stereocenters. The minimum absolute atomic E-state index is 0.000602. The highest BCUT2D eigenvalue weighted by Crippen LogP contribution is 2.31. The maximum absolute atomic E-state index is 13.8. The molecule has 98 valence electrons. The van der Waals surface area contributed by atoms with Crippen LogP contribution in [0.2, 0.25) is 0 Å². The van der Waals surface area contributed by atoms with E-state index in [-0.39, 0.29) is 22.3 Å². The molecule has 0 spiro atoms. The van der Waals surface area contributed by atoms with Gasteiger partial charge in [-0.3, -0.25) is 0 Å². The van der Waals surface area contributed by atoms with Gasteiger partial charge in [-0.15, -0.1) is 0 Å². The van der Waals surface area contributed by atoms with Crippen molar-refractivity contribution in [1.82, 2.24) is 0 Å². The van der Waals surface area contributed by atoms with Gasteiger partial charge in [-0.2, -0.15) is 0 Å². The normalized spacial score (nSPS) is 10.4. The molecule has 6 heteroatoms. The molecule has 0 unspecified atom stereocenters. The SMILES string of the molecule is COc1c(B(O)O)cccc1-c1cccc(F)c1F. The van der Waals surface area contributed by atoms with Gasteiger partial charge < -0.3 is 14.8 Å². The van der Waals surface area contributed by atoms with Crippen LogP contribution in [-0.2, 0) is 0 Å². The van der Waals surface area contributed by atoms with Crippen molar-refractivity contribution in [1.29, 1.82) is 0 Å². The molecule has 0 heterocycles. The van der Waals surface area contributed by atoms with Gasteiger partial charge in [0.2, 0.25) is 0 Å². The average Bonchev–Trinajstić information content (AvgIpc) is 2.41. The first-order valence-corrected chi connectivity index (χ1v) is 5.53. The number of para-hydroxylation sites is 1. The second-order valence-electron chi connectivity index (χ2n) is 3.90. The first-order chi connectivity index (χ1) is 9.06. The Balaban J connectivity index is 2.69. The Morgan fingerprint density at radius 3 is 2.26 bits per heavy atom. The van der Waals surface area contributed by atoms with Gasteiger partial charge in [-0.05, 0) is 6.07 Å². The lowest BCUT2D eigenvalue weighted by atomic mass is 9.78. The summed E-state index contributed by atoms with van der Waals surface area (Å²) in [7, 11) is -0.437. The van der Waals surface area contributed by atoms with Crippen molar-refractivity contribution >= 4 is 12.6 Å². The van der Waals surface area contributed by atoms with Crippen LogP contribution in [0.25, 0.3) is 11.1 Å². The standard InChI is InChI=1S/C13H11BF2O3/c1-19-13-9(5-2-6-10(13)14(17)18)8-4-3-7-11(15)12(8)16/h2-7,17-18H,1H3. The van der Waals surface area contributed by atoms with Gasteiger partial charge in [-0.25, -0.2) is 8.78 Å². The summed E-state index contributed by atoms with van der Waals surface area (Å²) in [5.41, 5.74) is 0.341. The number of rotatable bonds is 3. The molecule has 0 aromatic heterocycles. The van der Waals surface area contributed by atoms with Crippen LogP contribution in [0.4, 0.5) is 8.78 Å². The fourth-order valence-corrected chi connectivity index (χ4v) is 1.91. The third-order valence-electron chi connectivity index (χ3n) is 2.77. The van der Waals surface area contributed by atoms with Crippen LogP contribution in [0.3, 0.4) is 0 Å². The van der Waals surface area contributed by atoms with E-state index < -0.39 is 18.8 Å². The summed E-state index contributed by atoms with van der Waals surface area (Å²) in [4.78, 5) is 0. The highest BCUT2D eigenvalue weighted by Gasteiger charge is 2.22. The van der Waals surface area contributed by atoms with Crippen molar-refractivity contribution in [3.63, 3.8) is 0 Å². The smallest absolute Gasteiger partial charge is 0.492 e. The molecule has 2 rings (SSSR count). The number of methoxy groups -OCH3 is 1. The summed E-state index contributed by atoms with van der Waals surface area (Å²) in [6, 6.07) is 8.23. The van der Waals surface area contributed by atoms with Gasteiger partial charge in [0.25, 0.3) is 0 Å². The molecule has 3 nitrogen and oxygen atoms in total. The molecule has 0 radical (unpaired) electrons. The molecule has 2 aromatic carbocycles. The number of ether oxygens (including phenoxy) is 1. The molecule has 0 aliphatic heterocycles. The van der Waals surface area contributed by atoms with Crippen LogP contribution < -0.4 is 10.2 Å². The van der Waals surface area contributed by atoms with Gasteiger partial charge in [0.05, 0.1) is 7.11 Å². The quantitative estimate of drug-likeness (QED) is 0.822. The van der Waals surface area contributed by atoms with Crippen molar-refractivity contribution in [3.05, 3.63) is 48.0 Å². The summed E-state index contributed by atoms with van der Waals surface area (Å²) >= 11 is 0. The molecule has 0 saturated heterocycles. The molecule has 0 fully saturated rings. The largest absolute Gasteiger partial charge is 0.496 e. The minimum Gasteiger partial charge on any atom is -0.496 e. The van der Waals surface area contributed by atoms with E-state index in [1.165, 1.54) is 37.4 Å². The summed E-state index contributed by atoms with van der Waals surface area (Å²) < 4.78 is 32.1. The molecule has 19 heavy (non-hydrogen) atoms. The number of hydrogen-bond donors (Lipinski definition) is 2. The number of halogens is 2. The zero-order chi connectivity index (χ0) is 14.0. The number of benzene rings is 2. The highest BCUT2D eigenvalue weighted by atomic mass is 19.2. The lowest BCUT2D eigenvalue weighted by Crippen LogP contribution is -2.31. The Bertz CT molecular complexity index is 602. The first-order valence-electron chi connectivity index (χ1n) is 5.53. The van der Waals surface area contributed by atoms with Gasteiger partial charge in [-0.1, -0.05) is 30.3 Å². The first kappa shape index (κ1) is 13.5. The van der Waals surface area contributed by atoms with E-state index in [1.54, 1.807) is 0 Å². The van der Waals surface area contributed by atoms with E-state index in [0.29, 0.717) is 0 Å². The van der Waals surface area contributed by atoms with E-state index in [1.807, 2.05) is 0 Å². The minimum atomic E-state index is -1.76. The van der Waals surface area contributed by atoms with Gasteiger partial charge >= 0.3 is 7.12 Å². The topological polar surface area (TPSA) is 49.7 Å². The molecular weight excluding hydrogens is 253 g/mol. The monoisotopic (exact) mass is 264 g/mol. The zero-order valence-electron chi connectivity index (χ0n) is 10.1. The summed E-state index contributed by atoms with van der Waals surface area (Å²) in [6.07, 6.45) is 0. The zero-order valence-corrected chi connectivity index (χ0v) is 10.1. The molecule has 0 saturated carbocycles. The van der Waals surface area contributed by atoms with E-state index >= 15 is 0 Å². The summed E-state index contributed by atoms with van der Waals surface area (Å²) in [5, 5.41) is 18.5. The molecular formula is C13H11BF2O3. The van der Waals surface area contributed by atoms with Crippen molar-refractivity contribution in [3.8, 4) is 16.9 Å². The Morgan fingerprint density at radius 2 is 1.63 bits per heavy atom. The second kappa shape index (κ2) is 5.38. The lowest BCUT2D eigenvalue weighted by molar-refractivity contribution is 0.404. The van der Waals surface area contributed by atoms with Crippen LogP contribution in [-0.4, -0.2) is 24.3 Å². The van der Waals surface area contributed by atoms with Gasteiger partial charge in [0.15, 0.2) is 11.6 Å². The van der Waals surface area contributed by atoms with Crippen LogP contribution in [0.1, 0.15) is 0 Å². The van der Waals surface area contributed by atoms with Gasteiger partial charge in [0.1, 0.15) is 5.75 Å². The van der Waals surface area contributed by atoms with Crippen LogP contribution in [0, 0.1) is 11.6 Å². The second-order valence-corrected chi connectivity index (χ2v) is 3.90. The summed E-state index contributed by atoms with van der Waals surface area (Å²) in [5.74, 6) is -1.89. The summed E-state index contributed by atoms with van der Waals surface area (Å²) in [6.45, 7) is 0. The molecule has 0 bridgehead atoms. The average molecular weight is 264 g/mol. The Labute approximate surface area is 109 Å². The van der Waals surface area contributed by atoms with E-state index in [4.69, 9.17) is 4.74 Å². The van der Waals surface area contributed by atoms with Gasteiger partial charge in [0, 0.05) is 16.6 Å². The predicted molar refractivity (Wildman–Crippen MR) is 68.2 cm³/mol. The van der Waals surface area contributed by atoms with Crippen LogP contribution >= 0.6 is 0 Å². The highest BCUT2D eigenvalue weighted by molar-refractivity contribution is 6.60. The third kappa shape index (κ3) is 2.45. The van der Waals surface area contributed by atoms with E-state index in [0.717, 1.165) is 6.07 Å². The lowest BCUT2D eigenvalue weighted by Gasteiger charge is -2.14. The Kier molecular flexibility index (Phi) is 3.83. The maximum Gasteiger partial charge on any atom is 0.492 e. The molecule has 2 N–H and O–H groups in total. The van der Waals surface area contributed by atoms with Crippen molar-refractivity contribution in [2.24, 2.45) is 0 Å². The number of hydrogen-bond acceptors (Lipinski definition) is 3. The van der Waals surface area contributed by atoms with Crippen LogP contribution in [0.5, 0.6) is 5.75 Å². The molecule has 0 aliphatic rings. The maximum atomic E-state index is 13.8. The Morgan fingerprint density at radius 1 is 1.00 bits per heavy atom. The molecule has 0 amide bonds. The fraction of sp³-hybridized carbons (Fsp3) is 0.0769. The van der Waals surface area contributed by atoms with Crippen molar-refractivity contribution in [2.75, 3.05) is 7.11 Å². The van der Waals surface area contributed by atoms with E-state index in [9.17, 15) is 18.8 Å². The van der Waals surface area contributed by atoms with E-state index in [2.05, 4.69) is 0 Å². The Hall–Kier alpha value is -1.92. The van der Waals surface area contributed by atoms with Crippen LogP contribution in [0.15, 0.2) is 36.4 Å². The third-order valence-corrected chi connectivity index (χ3v) is 2.77. The van der Waals surface area contributed by atoms with Crippen molar-refractivity contribution in [2.45, 2.75) is 0 Å². The predicted octanol–water partition coefficient (Wildman–Crippen LogP) is 1.32. The van der Waals surface area contributed by atoms with Crippen molar-refractivity contribution < 1.29 is 23.6 Å². The molecule has 0 aliphatic carbocycles. The molecule has 2 aromatic rings. The fourth-order valence-electron chi connectivity index (χ4n) is 1.91.